The number of aryl methyl sites for hydroxylation is 3. The van der Waals surface area contributed by atoms with Crippen molar-refractivity contribution in [2.45, 2.75) is 52.4 Å². The molecule has 0 aliphatic rings. The highest BCUT2D eigenvalue weighted by Gasteiger charge is 2.16. The summed E-state index contributed by atoms with van der Waals surface area (Å²) in [4.78, 5) is 4.09. The maximum Gasteiger partial charge on any atom is 0.101 e. The number of allylic oxidation sites excluding steroid dienone is 2. The summed E-state index contributed by atoms with van der Waals surface area (Å²) >= 11 is 3.42. The number of hydrogen-bond acceptors (Lipinski definition) is 1. The van der Waals surface area contributed by atoms with Crippen molar-refractivity contribution >= 4 is 23.8 Å². The van der Waals surface area contributed by atoms with Crippen molar-refractivity contribution in [3.05, 3.63) is 135 Å². The second-order valence-electron chi connectivity index (χ2n) is 9.05. The molecule has 0 aliphatic heterocycles. The van der Waals surface area contributed by atoms with Crippen LogP contribution in [0.2, 0.25) is 6.32 Å². The molecule has 35 heavy (non-hydrogen) atoms. The first kappa shape index (κ1) is 26.8. The van der Waals surface area contributed by atoms with Crippen molar-refractivity contribution in [3.8, 4) is 0 Å². The zero-order valence-electron chi connectivity index (χ0n) is 21.4. The molecule has 180 valence electrons. The van der Waals surface area contributed by atoms with E-state index in [9.17, 15) is 0 Å². The summed E-state index contributed by atoms with van der Waals surface area (Å²) in [6.07, 6.45) is 11.9. The van der Waals surface area contributed by atoms with Gasteiger partial charge in [0.15, 0.2) is 0 Å². The van der Waals surface area contributed by atoms with Gasteiger partial charge in [0.2, 0.25) is 0 Å². The highest BCUT2D eigenvalue weighted by molar-refractivity contribution is 9.10. The van der Waals surface area contributed by atoms with Gasteiger partial charge in [0.25, 0.3) is 0 Å². The number of hydrogen-bond donors (Lipinski definition) is 0. The Kier molecular flexibility index (Phi) is 10.6. The number of rotatable bonds is 8. The molecule has 0 saturated carbocycles. The fourth-order valence-corrected chi connectivity index (χ4v) is 4.50. The Morgan fingerprint density at radius 3 is 1.97 bits per heavy atom. The first-order valence-corrected chi connectivity index (χ1v) is 13.3. The molecule has 0 fully saturated rings. The molecule has 0 spiro atoms. The molecule has 4 heteroatoms. The van der Waals surface area contributed by atoms with E-state index in [0.29, 0.717) is 5.92 Å². The van der Waals surface area contributed by atoms with E-state index >= 15 is 0 Å². The molecule has 4 rings (SSSR count). The van der Waals surface area contributed by atoms with Crippen LogP contribution in [-0.2, 0) is 6.54 Å². The summed E-state index contributed by atoms with van der Waals surface area (Å²) in [6.45, 7) is 7.39. The minimum Gasteiger partial charge on any atom is -0.330 e. The quantitative estimate of drug-likeness (QED) is 0.169. The second-order valence-corrected chi connectivity index (χ2v) is 9.97. The average molecular weight is 527 g/mol. The lowest BCUT2D eigenvalue weighted by Crippen LogP contribution is -2.04. The molecule has 0 bridgehead atoms. The van der Waals surface area contributed by atoms with Gasteiger partial charge in [-0.25, -0.2) is 4.98 Å². The van der Waals surface area contributed by atoms with Gasteiger partial charge in [0, 0.05) is 28.8 Å². The van der Waals surface area contributed by atoms with Crippen molar-refractivity contribution in [2.75, 3.05) is 0 Å². The smallest absolute Gasteiger partial charge is 0.101 e. The Balaban J connectivity index is 0.000000211. The number of imidazole rings is 1. The molecule has 0 aliphatic carbocycles. The Hall–Kier alpha value is -2.85. The Bertz CT molecular complexity index is 1170. The van der Waals surface area contributed by atoms with E-state index < -0.39 is 0 Å². The molecule has 2 nitrogen and oxygen atoms in total. The number of halogens is 1. The minimum absolute atomic E-state index is 0.459. The van der Waals surface area contributed by atoms with Crippen LogP contribution in [0.15, 0.2) is 102 Å². The van der Waals surface area contributed by atoms with E-state index in [2.05, 4.69) is 139 Å². The molecule has 1 heterocycles. The summed E-state index contributed by atoms with van der Waals surface area (Å²) in [7, 11) is 2.23. The molecule has 0 N–H and O–H groups in total. The third-order valence-electron chi connectivity index (χ3n) is 6.31. The summed E-state index contributed by atoms with van der Waals surface area (Å²) in [5.74, 6) is 0.459. The van der Waals surface area contributed by atoms with Crippen LogP contribution >= 0.6 is 15.9 Å². The lowest BCUT2D eigenvalue weighted by molar-refractivity contribution is 0.770. The molecule has 0 unspecified atom stereocenters. The van der Waals surface area contributed by atoms with Gasteiger partial charge in [0.1, 0.15) is 7.85 Å². The molecular weight excluding hydrogens is 491 g/mol. The van der Waals surface area contributed by atoms with Crippen LogP contribution in [-0.4, -0.2) is 17.4 Å². The molecule has 3 aromatic carbocycles. The van der Waals surface area contributed by atoms with Crippen molar-refractivity contribution in [2.24, 2.45) is 0 Å². The molecule has 0 atom stereocenters. The standard InChI is InChI=1S/C20H25B.C11H11BrN2/c1-16-10-5-7-12-18(16)20(14-4-3-9-15-21)19-13-8-6-11-17(19)2;1-9-6-13-8-14(9)7-10-2-4-11(12)5-3-10/h3-8,10-13,20H,9,14-15,21H2,1-2H3;2-6,8H,7H2,1H3. The van der Waals surface area contributed by atoms with E-state index in [-0.39, 0.29) is 0 Å². The van der Waals surface area contributed by atoms with Crippen molar-refractivity contribution in [3.63, 3.8) is 0 Å². The van der Waals surface area contributed by atoms with Crippen molar-refractivity contribution in [1.82, 2.24) is 9.55 Å². The van der Waals surface area contributed by atoms with Crippen LogP contribution in [0.3, 0.4) is 0 Å². The van der Waals surface area contributed by atoms with Crippen LogP contribution in [0.25, 0.3) is 0 Å². The lowest BCUT2D eigenvalue weighted by atomic mass is 9.84. The van der Waals surface area contributed by atoms with E-state index in [0.717, 1.165) is 17.4 Å². The topological polar surface area (TPSA) is 17.8 Å². The van der Waals surface area contributed by atoms with Gasteiger partial charge in [-0.1, -0.05) is 95.1 Å². The van der Waals surface area contributed by atoms with E-state index in [1.807, 2.05) is 12.5 Å². The van der Waals surface area contributed by atoms with Gasteiger partial charge in [-0.2, -0.15) is 0 Å². The third-order valence-corrected chi connectivity index (χ3v) is 6.84. The monoisotopic (exact) mass is 526 g/mol. The Labute approximate surface area is 220 Å². The maximum absolute atomic E-state index is 4.09. The van der Waals surface area contributed by atoms with Crippen LogP contribution < -0.4 is 0 Å². The average Bonchev–Trinajstić information content (AvgIpc) is 3.27. The van der Waals surface area contributed by atoms with Crippen LogP contribution in [0, 0.1) is 20.8 Å². The number of aromatic nitrogens is 2. The largest absolute Gasteiger partial charge is 0.330 e. The first-order valence-electron chi connectivity index (χ1n) is 12.5. The summed E-state index contributed by atoms with van der Waals surface area (Å²) in [5.41, 5.74) is 8.15. The first-order chi connectivity index (χ1) is 17.0. The van der Waals surface area contributed by atoms with Crippen LogP contribution in [0.4, 0.5) is 0 Å². The van der Waals surface area contributed by atoms with Crippen molar-refractivity contribution < 1.29 is 0 Å². The molecule has 1 aromatic heterocycles. The third kappa shape index (κ3) is 8.11. The molecular formula is C31H36BBrN2. The SMILES string of the molecule is BCCC=CCC(c1ccccc1C)c1ccccc1C.Cc1cncn1Cc1ccc(Br)cc1. The Morgan fingerprint density at radius 2 is 1.46 bits per heavy atom. The zero-order chi connectivity index (χ0) is 25.0. The summed E-state index contributed by atoms with van der Waals surface area (Å²) in [6, 6.07) is 25.9. The fraction of sp³-hybridized carbons (Fsp3) is 0.258. The van der Waals surface area contributed by atoms with Gasteiger partial charge in [-0.15, -0.1) is 0 Å². The van der Waals surface area contributed by atoms with E-state index in [4.69, 9.17) is 0 Å². The van der Waals surface area contributed by atoms with E-state index in [1.165, 1.54) is 46.3 Å². The van der Waals surface area contributed by atoms with Gasteiger partial charge >= 0.3 is 0 Å². The number of nitrogens with zero attached hydrogens (tertiary/aromatic N) is 2. The van der Waals surface area contributed by atoms with Gasteiger partial charge in [-0.05, 0) is 73.6 Å². The zero-order valence-corrected chi connectivity index (χ0v) is 23.0. The Morgan fingerprint density at radius 1 is 0.857 bits per heavy atom. The minimum atomic E-state index is 0.459. The van der Waals surface area contributed by atoms with Crippen LogP contribution in [0.1, 0.15) is 52.3 Å². The van der Waals surface area contributed by atoms with Crippen molar-refractivity contribution in [1.29, 1.82) is 0 Å². The predicted octanol–water partition coefficient (Wildman–Crippen LogP) is 7.83. The fourth-order valence-electron chi connectivity index (χ4n) is 4.23. The predicted molar refractivity (Wildman–Crippen MR) is 156 cm³/mol. The molecule has 0 amide bonds. The normalized spacial score (nSPS) is 11.0. The number of benzene rings is 3. The highest BCUT2D eigenvalue weighted by atomic mass is 79.9. The highest BCUT2D eigenvalue weighted by Crippen LogP contribution is 2.32. The lowest BCUT2D eigenvalue weighted by Gasteiger charge is -2.20. The van der Waals surface area contributed by atoms with Crippen LogP contribution in [0.5, 0.6) is 0 Å². The second kappa shape index (κ2) is 13.9. The molecule has 0 saturated heterocycles. The van der Waals surface area contributed by atoms with Gasteiger partial charge in [0.05, 0.1) is 6.33 Å². The molecule has 0 radical (unpaired) electrons. The van der Waals surface area contributed by atoms with E-state index in [1.54, 1.807) is 0 Å². The maximum atomic E-state index is 4.09. The summed E-state index contributed by atoms with van der Waals surface area (Å²) < 4.78 is 3.24. The van der Waals surface area contributed by atoms with Gasteiger partial charge in [-0.3, -0.25) is 0 Å². The van der Waals surface area contributed by atoms with Gasteiger partial charge < -0.3 is 4.57 Å². The summed E-state index contributed by atoms with van der Waals surface area (Å²) in [5, 5.41) is 0. The molecule has 4 aromatic rings.